The van der Waals surface area contributed by atoms with Crippen LogP contribution in [0.2, 0.25) is 0 Å². The molecule has 0 atom stereocenters. The molecular formula is C14H12N4O2S3. The fraction of sp³-hybridized carbons (Fsp3) is 0.143. The van der Waals surface area contributed by atoms with Crippen molar-refractivity contribution >= 4 is 67.3 Å². The fourth-order valence-electron chi connectivity index (χ4n) is 1.81. The van der Waals surface area contributed by atoms with Crippen molar-refractivity contribution in [1.29, 1.82) is 0 Å². The summed E-state index contributed by atoms with van der Waals surface area (Å²) in [6, 6.07) is 5.55. The first-order valence-electron chi connectivity index (χ1n) is 6.60. The van der Waals surface area contributed by atoms with Gasteiger partial charge in [-0.15, -0.1) is 22.7 Å². The van der Waals surface area contributed by atoms with Crippen LogP contribution in [0.3, 0.4) is 0 Å². The van der Waals surface area contributed by atoms with E-state index in [4.69, 9.17) is 0 Å². The number of carbonyl (C=O) groups excluding carboxylic acids is 2. The minimum Gasteiger partial charge on any atom is -0.326 e. The molecule has 0 aliphatic rings. The van der Waals surface area contributed by atoms with Gasteiger partial charge in [0.2, 0.25) is 11.8 Å². The molecular weight excluding hydrogens is 352 g/mol. The molecule has 9 heteroatoms. The predicted octanol–water partition coefficient (Wildman–Crippen LogP) is 3.44. The normalized spacial score (nSPS) is 10.7. The summed E-state index contributed by atoms with van der Waals surface area (Å²) >= 11 is 4.26. The molecule has 118 valence electrons. The Hall–Kier alpha value is -1.97. The lowest BCUT2D eigenvalue weighted by molar-refractivity contribution is -0.114. The van der Waals surface area contributed by atoms with Crippen LogP contribution in [0.1, 0.15) is 6.92 Å². The van der Waals surface area contributed by atoms with E-state index in [1.54, 1.807) is 6.20 Å². The van der Waals surface area contributed by atoms with Crippen molar-refractivity contribution in [3.05, 3.63) is 29.8 Å². The quantitative estimate of drug-likeness (QED) is 0.678. The van der Waals surface area contributed by atoms with Gasteiger partial charge in [-0.1, -0.05) is 11.8 Å². The first-order chi connectivity index (χ1) is 11.1. The van der Waals surface area contributed by atoms with E-state index in [2.05, 4.69) is 20.6 Å². The summed E-state index contributed by atoms with van der Waals surface area (Å²) < 4.78 is 1.79. The molecule has 0 saturated carbocycles. The molecule has 0 radical (unpaired) electrons. The van der Waals surface area contributed by atoms with Crippen LogP contribution in [0.25, 0.3) is 10.2 Å². The van der Waals surface area contributed by atoms with E-state index in [1.807, 2.05) is 23.6 Å². The van der Waals surface area contributed by atoms with Crippen LogP contribution in [0.15, 0.2) is 34.1 Å². The molecule has 0 fully saturated rings. The number of nitrogens with zero attached hydrogens (tertiary/aromatic N) is 2. The van der Waals surface area contributed by atoms with Gasteiger partial charge in [-0.25, -0.2) is 9.97 Å². The van der Waals surface area contributed by atoms with E-state index in [9.17, 15) is 9.59 Å². The fourth-order valence-corrected chi connectivity index (χ4v) is 4.27. The number of amides is 2. The number of rotatable bonds is 5. The highest BCUT2D eigenvalue weighted by atomic mass is 32.2. The summed E-state index contributed by atoms with van der Waals surface area (Å²) in [6.45, 7) is 1.47. The molecule has 2 heterocycles. The van der Waals surface area contributed by atoms with Crippen LogP contribution in [-0.4, -0.2) is 27.5 Å². The molecule has 23 heavy (non-hydrogen) atoms. The van der Waals surface area contributed by atoms with Gasteiger partial charge >= 0.3 is 0 Å². The molecule has 0 aliphatic carbocycles. The molecule has 0 bridgehead atoms. The number of nitrogens with one attached hydrogen (secondary N) is 2. The Balaban J connectivity index is 1.63. The summed E-state index contributed by atoms with van der Waals surface area (Å²) in [5.74, 6) is 0.0586. The zero-order valence-electron chi connectivity index (χ0n) is 12.0. The van der Waals surface area contributed by atoms with Gasteiger partial charge in [0.25, 0.3) is 0 Å². The minimum atomic E-state index is -0.109. The van der Waals surface area contributed by atoms with Crippen molar-refractivity contribution < 1.29 is 9.59 Å². The molecule has 2 N–H and O–H groups in total. The molecule has 0 spiro atoms. The highest BCUT2D eigenvalue weighted by Crippen LogP contribution is 2.31. The topological polar surface area (TPSA) is 84.0 Å². The summed E-state index contributed by atoms with van der Waals surface area (Å²) in [4.78, 5) is 31.4. The molecule has 2 aromatic heterocycles. The van der Waals surface area contributed by atoms with E-state index >= 15 is 0 Å². The Morgan fingerprint density at radius 1 is 1.30 bits per heavy atom. The van der Waals surface area contributed by atoms with Gasteiger partial charge in [-0.3, -0.25) is 9.59 Å². The molecule has 1 aromatic carbocycles. The maximum absolute atomic E-state index is 11.8. The third-order valence-corrected chi connectivity index (χ3v) is 5.54. The summed E-state index contributed by atoms with van der Waals surface area (Å²) in [5, 5.41) is 7.88. The largest absolute Gasteiger partial charge is 0.326 e. The number of hydrogen-bond acceptors (Lipinski definition) is 7. The Labute approximate surface area is 144 Å². The number of thioether (sulfide) groups is 1. The number of fused-ring (bicyclic) bond motifs is 1. The molecule has 0 saturated heterocycles. The van der Waals surface area contributed by atoms with E-state index in [-0.39, 0.29) is 17.6 Å². The summed E-state index contributed by atoms with van der Waals surface area (Å²) in [6.07, 6.45) is 1.65. The van der Waals surface area contributed by atoms with Gasteiger partial charge in [0, 0.05) is 24.2 Å². The molecule has 0 unspecified atom stereocenters. The van der Waals surface area contributed by atoms with E-state index in [1.165, 1.54) is 41.4 Å². The maximum Gasteiger partial charge on any atom is 0.236 e. The predicted molar refractivity (Wildman–Crippen MR) is 95.4 cm³/mol. The van der Waals surface area contributed by atoms with Crippen molar-refractivity contribution in [2.75, 3.05) is 16.4 Å². The lowest BCUT2D eigenvalue weighted by Crippen LogP contribution is -2.13. The average Bonchev–Trinajstić information content (AvgIpc) is 3.13. The van der Waals surface area contributed by atoms with Gasteiger partial charge < -0.3 is 10.6 Å². The molecule has 6 nitrogen and oxygen atoms in total. The maximum atomic E-state index is 11.8. The Bertz CT molecular complexity index is 845. The smallest absolute Gasteiger partial charge is 0.236 e. The van der Waals surface area contributed by atoms with Crippen LogP contribution in [-0.2, 0) is 9.59 Å². The van der Waals surface area contributed by atoms with E-state index in [0.29, 0.717) is 5.13 Å². The molecule has 3 rings (SSSR count). The third kappa shape index (κ3) is 4.27. The number of hydrogen-bond donors (Lipinski definition) is 2. The number of aromatic nitrogens is 2. The highest BCUT2D eigenvalue weighted by molar-refractivity contribution is 8.01. The van der Waals surface area contributed by atoms with E-state index < -0.39 is 0 Å². The van der Waals surface area contributed by atoms with Crippen LogP contribution >= 0.6 is 34.4 Å². The zero-order chi connectivity index (χ0) is 16.2. The highest BCUT2D eigenvalue weighted by Gasteiger charge is 2.09. The van der Waals surface area contributed by atoms with Gasteiger partial charge in [0.05, 0.1) is 16.0 Å². The van der Waals surface area contributed by atoms with Crippen molar-refractivity contribution in [2.24, 2.45) is 0 Å². The lowest BCUT2D eigenvalue weighted by atomic mass is 10.3. The lowest BCUT2D eigenvalue weighted by Gasteiger charge is -1.99. The number of anilines is 2. The first kappa shape index (κ1) is 15.9. The van der Waals surface area contributed by atoms with Crippen LogP contribution < -0.4 is 10.6 Å². The Morgan fingerprint density at radius 2 is 2.17 bits per heavy atom. The average molecular weight is 364 g/mol. The second-order valence-electron chi connectivity index (χ2n) is 4.52. The molecule has 3 aromatic rings. The molecule has 2 amide bonds. The van der Waals surface area contributed by atoms with Gasteiger partial charge in [-0.2, -0.15) is 0 Å². The Kier molecular flexibility index (Phi) is 4.89. The van der Waals surface area contributed by atoms with Crippen LogP contribution in [0.4, 0.5) is 10.8 Å². The van der Waals surface area contributed by atoms with Crippen molar-refractivity contribution in [3.63, 3.8) is 0 Å². The Morgan fingerprint density at radius 3 is 2.91 bits per heavy atom. The summed E-state index contributed by atoms with van der Waals surface area (Å²) in [7, 11) is 0. The monoisotopic (exact) mass is 364 g/mol. The van der Waals surface area contributed by atoms with Gasteiger partial charge in [-0.05, 0) is 18.2 Å². The summed E-state index contributed by atoms with van der Waals surface area (Å²) in [5.41, 5.74) is 1.60. The third-order valence-electron chi connectivity index (χ3n) is 2.69. The van der Waals surface area contributed by atoms with Gasteiger partial charge in [0.1, 0.15) is 0 Å². The van der Waals surface area contributed by atoms with Crippen molar-refractivity contribution in [3.8, 4) is 0 Å². The first-order valence-corrected chi connectivity index (χ1v) is 9.28. The zero-order valence-corrected chi connectivity index (χ0v) is 14.5. The second kappa shape index (κ2) is 7.07. The second-order valence-corrected chi connectivity index (χ2v) is 7.67. The van der Waals surface area contributed by atoms with Crippen LogP contribution in [0, 0.1) is 0 Å². The van der Waals surface area contributed by atoms with Crippen LogP contribution in [0.5, 0.6) is 0 Å². The van der Waals surface area contributed by atoms with Crippen molar-refractivity contribution in [2.45, 2.75) is 11.3 Å². The van der Waals surface area contributed by atoms with E-state index in [0.717, 1.165) is 20.2 Å². The number of carbonyl (C=O) groups is 2. The van der Waals surface area contributed by atoms with Gasteiger partial charge in [0.15, 0.2) is 9.47 Å². The number of thiazole rings is 2. The SMILES string of the molecule is CC(=O)Nc1ccc2nc(SCC(=O)Nc3nccs3)sc2c1. The van der Waals surface area contributed by atoms with Crippen molar-refractivity contribution in [1.82, 2.24) is 9.97 Å². The number of benzene rings is 1. The minimum absolute atomic E-state index is 0.108. The standard InChI is InChI=1S/C14H12N4O2S3/c1-8(19)16-9-2-3-10-11(6-9)23-14(17-10)22-7-12(20)18-13-15-4-5-21-13/h2-6H,7H2,1H3,(H,16,19)(H,15,18,20). The molecule has 0 aliphatic heterocycles.